The van der Waals surface area contributed by atoms with E-state index in [1.807, 2.05) is 43.3 Å². The fourth-order valence-electron chi connectivity index (χ4n) is 2.76. The van der Waals surface area contributed by atoms with Gasteiger partial charge in [0.2, 0.25) is 5.91 Å². The van der Waals surface area contributed by atoms with Gasteiger partial charge < -0.3 is 14.7 Å². The van der Waals surface area contributed by atoms with Gasteiger partial charge in [-0.3, -0.25) is 4.79 Å². The number of carbonyl (C=O) groups is 1. The molecule has 0 aliphatic heterocycles. The summed E-state index contributed by atoms with van der Waals surface area (Å²) in [5, 5.41) is 6.79. The summed E-state index contributed by atoms with van der Waals surface area (Å²) in [4.78, 5) is 14.2. The zero-order chi connectivity index (χ0) is 19.2. The molecule has 2 aromatic carbocycles. The van der Waals surface area contributed by atoms with Crippen molar-refractivity contribution in [3.8, 4) is 11.3 Å². The maximum atomic E-state index is 14.0. The van der Waals surface area contributed by atoms with E-state index in [1.54, 1.807) is 18.2 Å². The Morgan fingerprint density at radius 3 is 2.59 bits per heavy atom. The van der Waals surface area contributed by atoms with Crippen LogP contribution in [-0.4, -0.2) is 25.2 Å². The number of aryl methyl sites for hydroxylation is 1. The molecular formula is C21H22FN3O2. The number of aromatic nitrogens is 1. The van der Waals surface area contributed by atoms with Crippen LogP contribution in [0.25, 0.3) is 11.3 Å². The van der Waals surface area contributed by atoms with E-state index in [0.717, 1.165) is 11.3 Å². The van der Waals surface area contributed by atoms with Crippen LogP contribution >= 0.6 is 0 Å². The average molecular weight is 367 g/mol. The topological polar surface area (TPSA) is 58.4 Å². The Morgan fingerprint density at radius 2 is 1.89 bits per heavy atom. The minimum atomic E-state index is -0.363. The molecule has 27 heavy (non-hydrogen) atoms. The fraction of sp³-hybridized carbons (Fsp3) is 0.238. The summed E-state index contributed by atoms with van der Waals surface area (Å²) in [6, 6.07) is 14.4. The zero-order valence-corrected chi connectivity index (χ0v) is 15.4. The molecule has 0 aliphatic rings. The molecule has 0 saturated carbocycles. The molecule has 140 valence electrons. The Kier molecular flexibility index (Phi) is 5.86. The van der Waals surface area contributed by atoms with Gasteiger partial charge in [-0.25, -0.2) is 4.39 Å². The molecule has 0 fully saturated rings. The smallest absolute Gasteiger partial charge is 0.220 e. The van der Waals surface area contributed by atoms with Gasteiger partial charge in [-0.15, -0.1) is 0 Å². The van der Waals surface area contributed by atoms with Crippen molar-refractivity contribution < 1.29 is 13.7 Å². The van der Waals surface area contributed by atoms with E-state index in [9.17, 15) is 9.18 Å². The van der Waals surface area contributed by atoms with Crippen molar-refractivity contribution in [2.45, 2.75) is 19.4 Å². The van der Waals surface area contributed by atoms with E-state index in [-0.39, 0.29) is 18.1 Å². The highest BCUT2D eigenvalue weighted by Gasteiger charge is 2.15. The lowest BCUT2D eigenvalue weighted by molar-refractivity contribution is -0.121. The number of hydrogen-bond donors (Lipinski definition) is 1. The minimum absolute atomic E-state index is 0.0765. The molecule has 3 aromatic rings. The third kappa shape index (κ3) is 4.73. The lowest BCUT2D eigenvalue weighted by Gasteiger charge is -2.13. The summed E-state index contributed by atoms with van der Waals surface area (Å²) in [6.45, 7) is 0.469. The fourth-order valence-corrected chi connectivity index (χ4v) is 2.76. The largest absolute Gasteiger partial charge is 0.378 e. The van der Waals surface area contributed by atoms with Crippen LogP contribution in [0.2, 0.25) is 0 Å². The van der Waals surface area contributed by atoms with Crippen molar-refractivity contribution in [1.82, 2.24) is 10.5 Å². The highest BCUT2D eigenvalue weighted by atomic mass is 19.1. The van der Waals surface area contributed by atoms with Gasteiger partial charge in [0.25, 0.3) is 0 Å². The Morgan fingerprint density at radius 1 is 1.15 bits per heavy atom. The predicted molar refractivity (Wildman–Crippen MR) is 103 cm³/mol. The molecule has 1 aromatic heterocycles. The number of amides is 1. The van der Waals surface area contributed by atoms with Crippen molar-refractivity contribution in [3.05, 3.63) is 71.7 Å². The number of nitrogens with zero attached hydrogens (tertiary/aromatic N) is 2. The Balaban J connectivity index is 1.54. The number of carbonyl (C=O) groups excluding carboxylic acids is 1. The van der Waals surface area contributed by atoms with Crippen molar-refractivity contribution in [2.75, 3.05) is 19.0 Å². The monoisotopic (exact) mass is 367 g/mol. The standard InChI is InChI=1S/C21H22FN3O2/c1-25(2)17-10-7-15(8-11-17)13-23-20(26)12-9-16-14-27-24-21(16)18-5-3-4-6-19(18)22/h3-8,10-11,14H,9,12-13H2,1-2H3,(H,23,26). The molecule has 1 N–H and O–H groups in total. The first kappa shape index (κ1) is 18.6. The SMILES string of the molecule is CN(C)c1ccc(CNC(=O)CCc2conc2-c2ccccc2F)cc1. The van der Waals surface area contributed by atoms with Gasteiger partial charge in [-0.2, -0.15) is 0 Å². The quantitative estimate of drug-likeness (QED) is 0.690. The first-order valence-corrected chi connectivity index (χ1v) is 8.75. The van der Waals surface area contributed by atoms with E-state index in [4.69, 9.17) is 4.52 Å². The van der Waals surface area contributed by atoms with Crippen molar-refractivity contribution in [3.63, 3.8) is 0 Å². The molecule has 0 bridgehead atoms. The molecule has 6 heteroatoms. The van der Waals surface area contributed by atoms with E-state index in [1.165, 1.54) is 12.3 Å². The Labute approximate surface area is 157 Å². The van der Waals surface area contributed by atoms with Gasteiger partial charge in [-0.05, 0) is 36.2 Å². The number of benzene rings is 2. The van der Waals surface area contributed by atoms with Crippen LogP contribution in [0, 0.1) is 5.82 Å². The van der Waals surface area contributed by atoms with Crippen molar-refractivity contribution in [1.29, 1.82) is 0 Å². The Hall–Kier alpha value is -3.15. The maximum absolute atomic E-state index is 14.0. The predicted octanol–water partition coefficient (Wildman–Crippen LogP) is 3.80. The van der Waals surface area contributed by atoms with Crippen LogP contribution in [0.4, 0.5) is 10.1 Å². The molecule has 0 unspecified atom stereocenters. The van der Waals surface area contributed by atoms with Gasteiger partial charge in [0.1, 0.15) is 17.8 Å². The summed E-state index contributed by atoms with van der Waals surface area (Å²) in [6.07, 6.45) is 2.17. The number of rotatable bonds is 7. The molecule has 5 nitrogen and oxygen atoms in total. The molecule has 0 aliphatic carbocycles. The second-order valence-corrected chi connectivity index (χ2v) is 6.51. The van der Waals surface area contributed by atoms with Gasteiger partial charge in [0.15, 0.2) is 0 Å². The average Bonchev–Trinajstić information content (AvgIpc) is 3.13. The third-order valence-corrected chi connectivity index (χ3v) is 4.34. The van der Waals surface area contributed by atoms with Crippen LogP contribution < -0.4 is 10.2 Å². The number of anilines is 1. The first-order chi connectivity index (χ1) is 13.0. The minimum Gasteiger partial charge on any atom is -0.378 e. The second kappa shape index (κ2) is 8.49. The van der Waals surface area contributed by atoms with Crippen LogP contribution in [-0.2, 0) is 17.8 Å². The van der Waals surface area contributed by atoms with E-state index < -0.39 is 0 Å². The van der Waals surface area contributed by atoms with E-state index in [0.29, 0.717) is 29.8 Å². The summed E-state index contributed by atoms with van der Waals surface area (Å²) >= 11 is 0. The van der Waals surface area contributed by atoms with Gasteiger partial charge in [-0.1, -0.05) is 29.4 Å². The first-order valence-electron chi connectivity index (χ1n) is 8.75. The van der Waals surface area contributed by atoms with Crippen LogP contribution in [0.5, 0.6) is 0 Å². The summed E-state index contributed by atoms with van der Waals surface area (Å²) in [7, 11) is 3.97. The molecule has 0 spiro atoms. The third-order valence-electron chi connectivity index (χ3n) is 4.34. The summed E-state index contributed by atoms with van der Waals surface area (Å²) < 4.78 is 18.9. The summed E-state index contributed by atoms with van der Waals surface area (Å²) in [5.41, 5.74) is 3.68. The van der Waals surface area contributed by atoms with Crippen LogP contribution in [0.15, 0.2) is 59.3 Å². The molecular weight excluding hydrogens is 345 g/mol. The van der Waals surface area contributed by atoms with Crippen molar-refractivity contribution >= 4 is 11.6 Å². The zero-order valence-electron chi connectivity index (χ0n) is 15.4. The highest BCUT2D eigenvalue weighted by Crippen LogP contribution is 2.25. The van der Waals surface area contributed by atoms with Gasteiger partial charge in [0, 0.05) is 43.9 Å². The molecule has 0 atom stereocenters. The molecule has 1 amide bonds. The van der Waals surface area contributed by atoms with Crippen molar-refractivity contribution in [2.24, 2.45) is 0 Å². The second-order valence-electron chi connectivity index (χ2n) is 6.51. The summed E-state index contributed by atoms with van der Waals surface area (Å²) in [5.74, 6) is -0.439. The normalized spacial score (nSPS) is 10.6. The number of nitrogens with one attached hydrogen (secondary N) is 1. The van der Waals surface area contributed by atoms with Crippen LogP contribution in [0.1, 0.15) is 17.5 Å². The van der Waals surface area contributed by atoms with E-state index >= 15 is 0 Å². The highest BCUT2D eigenvalue weighted by molar-refractivity contribution is 5.76. The number of halogens is 1. The molecule has 3 rings (SSSR count). The van der Waals surface area contributed by atoms with Crippen LogP contribution in [0.3, 0.4) is 0 Å². The molecule has 0 radical (unpaired) electrons. The Bertz CT molecular complexity index is 904. The van der Waals surface area contributed by atoms with E-state index in [2.05, 4.69) is 10.5 Å². The molecule has 0 saturated heterocycles. The lowest BCUT2D eigenvalue weighted by atomic mass is 10.0. The lowest BCUT2D eigenvalue weighted by Crippen LogP contribution is -2.23. The maximum Gasteiger partial charge on any atom is 0.220 e. The number of hydrogen-bond acceptors (Lipinski definition) is 4. The van der Waals surface area contributed by atoms with Gasteiger partial charge >= 0.3 is 0 Å². The van der Waals surface area contributed by atoms with Gasteiger partial charge in [0.05, 0.1) is 0 Å². The molecule has 1 heterocycles.